The van der Waals surface area contributed by atoms with Crippen molar-refractivity contribution < 1.29 is 9.13 Å². The van der Waals surface area contributed by atoms with Crippen molar-refractivity contribution in [3.8, 4) is 22.7 Å². The first-order valence-corrected chi connectivity index (χ1v) is 9.71. The fraction of sp³-hybridized carbons (Fsp3) is 0.238. The maximum Gasteiger partial charge on any atom is 0.166 e. The summed E-state index contributed by atoms with van der Waals surface area (Å²) in [6.45, 7) is 4.57. The third-order valence-corrected chi connectivity index (χ3v) is 5.32. The quantitative estimate of drug-likeness (QED) is 0.522. The van der Waals surface area contributed by atoms with Crippen LogP contribution in [0.15, 0.2) is 42.9 Å². The molecule has 3 aromatic heterocycles. The van der Waals surface area contributed by atoms with Crippen LogP contribution >= 0.6 is 0 Å². The highest BCUT2D eigenvalue weighted by molar-refractivity contribution is 5.67. The summed E-state index contributed by atoms with van der Waals surface area (Å²) in [4.78, 5) is 4.33. The van der Waals surface area contributed by atoms with E-state index in [4.69, 9.17) is 10.5 Å². The Morgan fingerprint density at radius 1 is 1.23 bits per heavy atom. The van der Waals surface area contributed by atoms with Crippen LogP contribution in [-0.2, 0) is 13.0 Å². The smallest absolute Gasteiger partial charge is 0.166 e. The molecule has 0 fully saturated rings. The third kappa shape index (κ3) is 2.90. The van der Waals surface area contributed by atoms with E-state index in [1.807, 2.05) is 30.8 Å². The van der Waals surface area contributed by atoms with Crippen molar-refractivity contribution in [1.82, 2.24) is 29.8 Å². The van der Waals surface area contributed by atoms with Crippen LogP contribution in [0.3, 0.4) is 0 Å². The van der Waals surface area contributed by atoms with Gasteiger partial charge in [-0.15, -0.1) is 5.10 Å². The van der Waals surface area contributed by atoms with Crippen molar-refractivity contribution in [2.45, 2.75) is 32.9 Å². The van der Waals surface area contributed by atoms with Gasteiger partial charge in [-0.05, 0) is 38.1 Å². The lowest BCUT2D eigenvalue weighted by Gasteiger charge is -2.21. The molecule has 9 heteroatoms. The second-order valence-corrected chi connectivity index (χ2v) is 7.22. The first kappa shape index (κ1) is 18.3. The SMILES string of the molecule is CCn1ncc2c1-c1cnc(N)c(c1)O[C@@H](C)c1cc(F)ccc1-n1nncc1C2. The summed E-state index contributed by atoms with van der Waals surface area (Å²) in [7, 11) is 0. The fourth-order valence-electron chi connectivity index (χ4n) is 3.88. The second kappa shape index (κ2) is 6.94. The van der Waals surface area contributed by atoms with Crippen LogP contribution in [0.25, 0.3) is 16.9 Å². The Hall–Kier alpha value is -3.75. The molecule has 0 spiro atoms. The zero-order chi connectivity index (χ0) is 20.8. The number of aromatic nitrogens is 6. The maximum absolute atomic E-state index is 14.1. The van der Waals surface area contributed by atoms with Gasteiger partial charge in [-0.3, -0.25) is 4.68 Å². The van der Waals surface area contributed by atoms with Crippen LogP contribution in [0, 0.1) is 5.82 Å². The van der Waals surface area contributed by atoms with Crippen LogP contribution in [0.5, 0.6) is 5.75 Å². The van der Waals surface area contributed by atoms with Gasteiger partial charge in [0.1, 0.15) is 11.9 Å². The summed E-state index contributed by atoms with van der Waals surface area (Å²) >= 11 is 0. The Labute approximate surface area is 172 Å². The number of benzene rings is 1. The van der Waals surface area contributed by atoms with E-state index in [-0.39, 0.29) is 11.6 Å². The van der Waals surface area contributed by atoms with Gasteiger partial charge in [0, 0.05) is 35.9 Å². The topological polar surface area (TPSA) is 96.7 Å². The first-order chi connectivity index (χ1) is 14.5. The molecule has 2 N–H and O–H groups in total. The molecule has 1 aromatic carbocycles. The van der Waals surface area contributed by atoms with Gasteiger partial charge >= 0.3 is 0 Å². The van der Waals surface area contributed by atoms with E-state index in [0.717, 1.165) is 22.5 Å². The average molecular weight is 405 g/mol. The number of nitrogens with two attached hydrogens (primary N) is 1. The van der Waals surface area contributed by atoms with E-state index in [1.54, 1.807) is 23.1 Å². The number of hydrogen-bond donors (Lipinski definition) is 1. The zero-order valence-electron chi connectivity index (χ0n) is 16.6. The number of nitrogens with zero attached hydrogens (tertiary/aromatic N) is 6. The lowest BCUT2D eigenvalue weighted by Crippen LogP contribution is -2.13. The van der Waals surface area contributed by atoms with Crippen molar-refractivity contribution in [3.63, 3.8) is 0 Å². The van der Waals surface area contributed by atoms with Crippen molar-refractivity contribution in [3.05, 3.63) is 65.5 Å². The first-order valence-electron chi connectivity index (χ1n) is 9.71. The number of hydrogen-bond acceptors (Lipinski definition) is 6. The second-order valence-electron chi connectivity index (χ2n) is 7.22. The van der Waals surface area contributed by atoms with Crippen LogP contribution < -0.4 is 10.5 Å². The summed E-state index contributed by atoms with van der Waals surface area (Å²) in [5.74, 6) is 0.347. The predicted molar refractivity (Wildman–Crippen MR) is 109 cm³/mol. The van der Waals surface area contributed by atoms with Gasteiger partial charge in [-0.2, -0.15) is 5.10 Å². The van der Waals surface area contributed by atoms with Crippen LogP contribution in [0.1, 0.15) is 36.8 Å². The molecular formula is C21H20FN7O. The fourth-order valence-corrected chi connectivity index (χ4v) is 3.88. The molecule has 2 bridgehead atoms. The predicted octanol–water partition coefficient (Wildman–Crippen LogP) is 3.31. The number of nitrogen functional groups attached to an aromatic ring is 1. The standard InChI is InChI=1S/C21H20FN7O/c1-3-28-20-13(10-26-28)6-16-11-25-27-29(16)18-5-4-15(22)8-17(18)12(2)30-19-7-14(20)9-24-21(19)23/h4-5,7-12H,3,6H2,1-2H3,(H2,23,24)/t12-/m0/s1. The van der Waals surface area contributed by atoms with Crippen molar-refractivity contribution in [2.75, 3.05) is 5.73 Å². The van der Waals surface area contributed by atoms with Crippen LogP contribution in [0.4, 0.5) is 10.2 Å². The van der Waals surface area contributed by atoms with Crippen LogP contribution in [-0.4, -0.2) is 29.8 Å². The van der Waals surface area contributed by atoms with Crippen molar-refractivity contribution in [2.24, 2.45) is 0 Å². The molecule has 0 saturated heterocycles. The molecule has 0 saturated carbocycles. The lowest BCUT2D eigenvalue weighted by molar-refractivity contribution is 0.226. The van der Waals surface area contributed by atoms with Crippen molar-refractivity contribution >= 4 is 5.82 Å². The molecule has 152 valence electrons. The third-order valence-electron chi connectivity index (χ3n) is 5.32. The Balaban J connectivity index is 1.79. The molecule has 4 aromatic rings. The van der Waals surface area contributed by atoms with Gasteiger partial charge in [0.05, 0.1) is 29.5 Å². The molecule has 0 amide bonds. The van der Waals surface area contributed by atoms with Gasteiger partial charge in [-0.1, -0.05) is 5.21 Å². The highest BCUT2D eigenvalue weighted by Crippen LogP contribution is 2.35. The van der Waals surface area contributed by atoms with E-state index in [0.29, 0.717) is 30.0 Å². The molecule has 5 rings (SSSR count). The van der Waals surface area contributed by atoms with Gasteiger partial charge in [0.25, 0.3) is 0 Å². The summed E-state index contributed by atoms with van der Waals surface area (Å²) < 4.78 is 23.9. The van der Waals surface area contributed by atoms with E-state index in [9.17, 15) is 4.39 Å². The number of fused-ring (bicyclic) bond motifs is 7. The lowest BCUT2D eigenvalue weighted by atomic mass is 10.0. The Kier molecular flexibility index (Phi) is 4.23. The molecule has 0 aliphatic carbocycles. The summed E-state index contributed by atoms with van der Waals surface area (Å²) in [5.41, 5.74) is 11.1. The average Bonchev–Trinajstić information content (AvgIpc) is 3.36. The monoisotopic (exact) mass is 405 g/mol. The highest BCUT2D eigenvalue weighted by Gasteiger charge is 2.23. The van der Waals surface area contributed by atoms with Gasteiger partial charge in [0.2, 0.25) is 0 Å². The Morgan fingerprint density at radius 2 is 2.10 bits per heavy atom. The highest BCUT2D eigenvalue weighted by atomic mass is 19.1. The molecule has 4 heterocycles. The molecule has 0 unspecified atom stereocenters. The number of halogens is 1. The maximum atomic E-state index is 14.1. The summed E-state index contributed by atoms with van der Waals surface area (Å²) in [6, 6.07) is 6.40. The van der Waals surface area contributed by atoms with E-state index in [1.165, 1.54) is 12.1 Å². The molecule has 8 nitrogen and oxygen atoms in total. The van der Waals surface area contributed by atoms with Gasteiger partial charge in [-0.25, -0.2) is 14.1 Å². The van der Waals surface area contributed by atoms with Crippen molar-refractivity contribution in [1.29, 1.82) is 0 Å². The summed E-state index contributed by atoms with van der Waals surface area (Å²) in [6.07, 6.45) is 5.32. The molecule has 0 radical (unpaired) electrons. The van der Waals surface area contributed by atoms with E-state index < -0.39 is 6.10 Å². The Bertz CT molecular complexity index is 1250. The normalized spacial score (nSPS) is 15.2. The molecule has 1 aliphatic rings. The number of ether oxygens (including phenoxy) is 1. The molecule has 30 heavy (non-hydrogen) atoms. The minimum Gasteiger partial charge on any atom is -0.482 e. The number of pyridine rings is 1. The van der Waals surface area contributed by atoms with Crippen LogP contribution in [0.2, 0.25) is 0 Å². The minimum absolute atomic E-state index is 0.270. The number of anilines is 1. The largest absolute Gasteiger partial charge is 0.482 e. The van der Waals surface area contributed by atoms with Gasteiger partial charge in [0.15, 0.2) is 11.6 Å². The number of rotatable bonds is 1. The van der Waals surface area contributed by atoms with Gasteiger partial charge < -0.3 is 10.5 Å². The zero-order valence-corrected chi connectivity index (χ0v) is 16.6. The Morgan fingerprint density at radius 3 is 2.93 bits per heavy atom. The summed E-state index contributed by atoms with van der Waals surface area (Å²) in [5, 5.41) is 12.9. The number of aryl methyl sites for hydroxylation is 1. The van der Waals surface area contributed by atoms with E-state index >= 15 is 0 Å². The molecule has 1 atom stereocenters. The molecular weight excluding hydrogens is 385 g/mol. The minimum atomic E-state index is -0.498. The molecule has 1 aliphatic heterocycles. The van der Waals surface area contributed by atoms with E-state index in [2.05, 4.69) is 20.4 Å².